The van der Waals surface area contributed by atoms with Gasteiger partial charge in [0.1, 0.15) is 5.82 Å². The molecule has 3 heterocycles. The molecule has 1 aliphatic rings. The quantitative estimate of drug-likeness (QED) is 0.846. The number of hydrogen-bond acceptors (Lipinski definition) is 6. The van der Waals surface area contributed by atoms with Gasteiger partial charge >= 0.3 is 0 Å². The van der Waals surface area contributed by atoms with Gasteiger partial charge in [0, 0.05) is 45.1 Å². The lowest BCUT2D eigenvalue weighted by atomic mass is 10.2. The molecule has 0 aromatic carbocycles. The van der Waals surface area contributed by atoms with Gasteiger partial charge in [0.25, 0.3) is 0 Å². The third kappa shape index (κ3) is 3.79. The molecule has 0 unspecified atom stereocenters. The number of ether oxygens (including phenoxy) is 1. The van der Waals surface area contributed by atoms with E-state index in [2.05, 4.69) is 20.0 Å². The molecule has 2 aromatic heterocycles. The molecule has 1 saturated heterocycles. The molecule has 7 nitrogen and oxygen atoms in total. The Bertz CT molecular complexity index is 668. The van der Waals surface area contributed by atoms with Crippen LogP contribution >= 0.6 is 0 Å². The molecule has 3 rings (SSSR count). The summed E-state index contributed by atoms with van der Waals surface area (Å²) < 4.78 is 7.82. The Hall–Kier alpha value is -2.15. The van der Waals surface area contributed by atoms with E-state index >= 15 is 0 Å². The van der Waals surface area contributed by atoms with Gasteiger partial charge in [-0.15, -0.1) is 0 Å². The second-order valence-corrected chi connectivity index (χ2v) is 6.24. The summed E-state index contributed by atoms with van der Waals surface area (Å²) in [6.45, 7) is 7.06. The van der Waals surface area contributed by atoms with E-state index in [0.717, 1.165) is 42.7 Å². The minimum absolute atomic E-state index is 0.0926. The topological polar surface area (TPSA) is 59.3 Å². The maximum Gasteiger partial charge on any atom is 0.227 e. The van der Waals surface area contributed by atoms with E-state index in [9.17, 15) is 0 Å². The zero-order chi connectivity index (χ0) is 16.4. The summed E-state index contributed by atoms with van der Waals surface area (Å²) >= 11 is 0. The van der Waals surface area contributed by atoms with Crippen LogP contribution in [-0.2, 0) is 11.3 Å². The van der Waals surface area contributed by atoms with Gasteiger partial charge in [-0.2, -0.15) is 10.1 Å². The van der Waals surface area contributed by atoms with Crippen LogP contribution in [0.5, 0.6) is 0 Å². The molecule has 7 heteroatoms. The molecule has 0 saturated carbocycles. The Morgan fingerprint density at radius 2 is 2.13 bits per heavy atom. The van der Waals surface area contributed by atoms with E-state index in [-0.39, 0.29) is 6.10 Å². The molecule has 1 aliphatic heterocycles. The average molecular weight is 316 g/mol. The molecule has 23 heavy (non-hydrogen) atoms. The molecule has 0 N–H and O–H groups in total. The number of hydrogen-bond donors (Lipinski definition) is 0. The summed E-state index contributed by atoms with van der Waals surface area (Å²) in [6, 6.07) is 1.99. The summed E-state index contributed by atoms with van der Waals surface area (Å²) in [7, 11) is 3.99. The highest BCUT2D eigenvalue weighted by Crippen LogP contribution is 2.18. The van der Waals surface area contributed by atoms with Gasteiger partial charge in [-0.3, -0.25) is 4.68 Å². The fourth-order valence-electron chi connectivity index (χ4n) is 2.69. The Labute approximate surface area is 136 Å². The Morgan fingerprint density at radius 1 is 1.30 bits per heavy atom. The van der Waals surface area contributed by atoms with Gasteiger partial charge < -0.3 is 14.5 Å². The number of nitrogens with zero attached hydrogens (tertiary/aromatic N) is 6. The first-order valence-electron chi connectivity index (χ1n) is 7.90. The van der Waals surface area contributed by atoms with E-state index in [4.69, 9.17) is 4.74 Å². The summed E-state index contributed by atoms with van der Waals surface area (Å²) in [5.74, 6) is 1.71. The van der Waals surface area contributed by atoms with Crippen LogP contribution < -0.4 is 9.80 Å². The van der Waals surface area contributed by atoms with Crippen LogP contribution in [0.3, 0.4) is 0 Å². The fourth-order valence-corrected chi connectivity index (χ4v) is 2.69. The molecule has 0 spiro atoms. The summed E-state index contributed by atoms with van der Waals surface area (Å²) in [5, 5.41) is 4.34. The van der Waals surface area contributed by atoms with Crippen LogP contribution in [0.2, 0.25) is 0 Å². The lowest BCUT2D eigenvalue weighted by molar-refractivity contribution is 0.0269. The largest absolute Gasteiger partial charge is 0.373 e. The maximum absolute atomic E-state index is 5.88. The van der Waals surface area contributed by atoms with Crippen molar-refractivity contribution in [2.75, 3.05) is 43.6 Å². The van der Waals surface area contributed by atoms with Gasteiger partial charge in [-0.25, -0.2) is 4.98 Å². The van der Waals surface area contributed by atoms with E-state index < -0.39 is 0 Å². The number of morpholine rings is 1. The molecule has 1 atom stereocenters. The van der Waals surface area contributed by atoms with Crippen molar-refractivity contribution in [2.45, 2.75) is 26.5 Å². The highest BCUT2D eigenvalue weighted by molar-refractivity contribution is 5.45. The summed E-state index contributed by atoms with van der Waals surface area (Å²) in [4.78, 5) is 13.5. The van der Waals surface area contributed by atoms with Crippen LogP contribution in [0, 0.1) is 13.8 Å². The summed E-state index contributed by atoms with van der Waals surface area (Å²) in [5.41, 5.74) is 2.14. The van der Waals surface area contributed by atoms with Crippen molar-refractivity contribution in [3.05, 3.63) is 29.7 Å². The smallest absolute Gasteiger partial charge is 0.227 e. The minimum atomic E-state index is 0.0926. The molecule has 0 amide bonds. The van der Waals surface area contributed by atoms with Crippen molar-refractivity contribution in [1.82, 2.24) is 19.7 Å². The highest BCUT2D eigenvalue weighted by Gasteiger charge is 2.23. The van der Waals surface area contributed by atoms with Crippen molar-refractivity contribution in [1.29, 1.82) is 0 Å². The number of anilines is 2. The van der Waals surface area contributed by atoms with E-state index in [0.29, 0.717) is 6.61 Å². The van der Waals surface area contributed by atoms with Crippen molar-refractivity contribution in [3.8, 4) is 0 Å². The van der Waals surface area contributed by atoms with Crippen LogP contribution in [0.25, 0.3) is 0 Å². The van der Waals surface area contributed by atoms with Gasteiger partial charge in [0.2, 0.25) is 5.95 Å². The fraction of sp³-hybridized carbons (Fsp3) is 0.562. The second-order valence-electron chi connectivity index (χ2n) is 6.24. The first-order chi connectivity index (χ1) is 11.0. The van der Waals surface area contributed by atoms with E-state index in [1.54, 1.807) is 0 Å². The van der Waals surface area contributed by atoms with E-state index in [1.165, 1.54) is 0 Å². The summed E-state index contributed by atoms with van der Waals surface area (Å²) in [6.07, 6.45) is 4.00. The van der Waals surface area contributed by atoms with Gasteiger partial charge in [-0.05, 0) is 19.4 Å². The molecule has 0 bridgehead atoms. The molecular weight excluding hydrogens is 292 g/mol. The van der Waals surface area contributed by atoms with Crippen LogP contribution in [0.15, 0.2) is 18.5 Å². The Balaban J connectivity index is 1.73. The molecule has 124 valence electrons. The number of aryl methyl sites for hydroxylation is 2. The van der Waals surface area contributed by atoms with Crippen molar-refractivity contribution in [2.24, 2.45) is 0 Å². The number of aromatic nitrogens is 4. The van der Waals surface area contributed by atoms with Gasteiger partial charge in [0.05, 0.1) is 25.5 Å². The normalized spacial score (nSPS) is 18.3. The molecular formula is C16H24N6O. The van der Waals surface area contributed by atoms with Crippen molar-refractivity contribution in [3.63, 3.8) is 0 Å². The van der Waals surface area contributed by atoms with E-state index in [1.807, 2.05) is 56.0 Å². The zero-order valence-corrected chi connectivity index (χ0v) is 14.2. The maximum atomic E-state index is 5.88. The third-order valence-corrected chi connectivity index (χ3v) is 3.86. The van der Waals surface area contributed by atoms with Crippen molar-refractivity contribution >= 4 is 11.8 Å². The molecule has 1 fully saturated rings. The molecule has 0 aliphatic carbocycles. The predicted molar refractivity (Wildman–Crippen MR) is 90.0 cm³/mol. The van der Waals surface area contributed by atoms with Gasteiger partial charge in [0.15, 0.2) is 0 Å². The van der Waals surface area contributed by atoms with Crippen LogP contribution in [0.4, 0.5) is 11.8 Å². The first-order valence-corrected chi connectivity index (χ1v) is 7.90. The monoisotopic (exact) mass is 316 g/mol. The number of rotatable bonds is 4. The first kappa shape index (κ1) is 15.7. The Kier molecular flexibility index (Phi) is 4.47. The van der Waals surface area contributed by atoms with Crippen molar-refractivity contribution < 1.29 is 4.74 Å². The molecule has 0 radical (unpaired) electrons. The second kappa shape index (κ2) is 6.54. The van der Waals surface area contributed by atoms with Crippen LogP contribution in [0.1, 0.15) is 11.3 Å². The standard InChI is InChI=1S/C16H24N6O/c1-12-8-17-22(9-12)11-14-10-21(5-6-23-14)16-18-13(2)7-15(19-16)20(3)4/h7-9,14H,5-6,10-11H2,1-4H3/t14-/m1/s1. The minimum Gasteiger partial charge on any atom is -0.373 e. The van der Waals surface area contributed by atoms with Crippen LogP contribution in [-0.4, -0.2) is 59.6 Å². The third-order valence-electron chi connectivity index (χ3n) is 3.86. The lowest BCUT2D eigenvalue weighted by Crippen LogP contribution is -2.45. The SMILES string of the molecule is Cc1cnn(C[C@H]2CN(c3nc(C)cc(N(C)C)n3)CCO2)c1. The zero-order valence-electron chi connectivity index (χ0n) is 14.2. The highest BCUT2D eigenvalue weighted by atomic mass is 16.5. The van der Waals surface area contributed by atoms with Gasteiger partial charge in [-0.1, -0.05) is 0 Å². The Morgan fingerprint density at radius 3 is 2.83 bits per heavy atom. The lowest BCUT2D eigenvalue weighted by Gasteiger charge is -2.33. The average Bonchev–Trinajstić information content (AvgIpc) is 2.92. The molecule has 2 aromatic rings. The predicted octanol–water partition coefficient (Wildman–Crippen LogP) is 1.26.